The summed E-state index contributed by atoms with van der Waals surface area (Å²) < 4.78 is 19.3. The number of benzene rings is 2. The molecule has 1 aliphatic rings. The van der Waals surface area contributed by atoms with Crippen molar-refractivity contribution in [1.29, 1.82) is 0 Å². The third-order valence-electron chi connectivity index (χ3n) is 4.99. The van der Waals surface area contributed by atoms with Crippen molar-refractivity contribution in [2.75, 3.05) is 37.7 Å². The topological polar surface area (TPSA) is 37.4 Å². The minimum Gasteiger partial charge on any atom is -0.378 e. The molecule has 1 aliphatic heterocycles. The number of ether oxygens (including phenoxy) is 1. The summed E-state index contributed by atoms with van der Waals surface area (Å²) in [5.74, 6) is 0.819. The standard InChI is InChI=1S/C22H23ClFN3O/c23-19-6-5-17-13-18(15-25-8-7-16-3-1-2-4-20(16)24)22(26-21(17)14-19)27-9-11-28-12-10-27/h1-6,13-14,25H,7-12,15H2. The van der Waals surface area contributed by atoms with Gasteiger partial charge in [0.05, 0.1) is 18.7 Å². The number of aromatic nitrogens is 1. The number of nitrogens with zero attached hydrogens (tertiary/aromatic N) is 2. The van der Waals surface area contributed by atoms with Crippen LogP contribution in [0, 0.1) is 5.82 Å². The molecule has 146 valence electrons. The summed E-state index contributed by atoms with van der Waals surface area (Å²) in [6, 6.07) is 14.9. The lowest BCUT2D eigenvalue weighted by Crippen LogP contribution is -2.37. The van der Waals surface area contributed by atoms with Crippen molar-refractivity contribution in [1.82, 2.24) is 10.3 Å². The Labute approximate surface area is 169 Å². The zero-order valence-corrected chi connectivity index (χ0v) is 16.4. The van der Waals surface area contributed by atoms with Crippen LogP contribution in [-0.2, 0) is 17.7 Å². The summed E-state index contributed by atoms with van der Waals surface area (Å²) in [5, 5.41) is 5.19. The highest BCUT2D eigenvalue weighted by Gasteiger charge is 2.17. The van der Waals surface area contributed by atoms with Gasteiger partial charge in [0.1, 0.15) is 11.6 Å². The van der Waals surface area contributed by atoms with Gasteiger partial charge >= 0.3 is 0 Å². The van der Waals surface area contributed by atoms with E-state index in [0.29, 0.717) is 37.7 Å². The first kappa shape index (κ1) is 19.1. The molecule has 0 aliphatic carbocycles. The number of anilines is 1. The highest BCUT2D eigenvalue weighted by molar-refractivity contribution is 6.31. The lowest BCUT2D eigenvalue weighted by Gasteiger charge is -2.30. The highest BCUT2D eigenvalue weighted by Crippen LogP contribution is 2.26. The molecule has 28 heavy (non-hydrogen) atoms. The Hall–Kier alpha value is -2.21. The fraction of sp³-hybridized carbons (Fsp3) is 0.318. The Balaban J connectivity index is 1.52. The maximum Gasteiger partial charge on any atom is 0.133 e. The minimum absolute atomic E-state index is 0.150. The highest BCUT2D eigenvalue weighted by atomic mass is 35.5. The van der Waals surface area contributed by atoms with Crippen LogP contribution in [0.25, 0.3) is 10.9 Å². The van der Waals surface area contributed by atoms with E-state index in [1.165, 1.54) is 6.07 Å². The Morgan fingerprint density at radius 2 is 1.89 bits per heavy atom. The number of nitrogens with one attached hydrogen (secondary N) is 1. The van der Waals surface area contributed by atoms with E-state index in [1.807, 2.05) is 30.3 Å². The SMILES string of the molecule is Fc1ccccc1CCNCc1cc2ccc(Cl)cc2nc1N1CCOCC1. The van der Waals surface area contributed by atoms with E-state index in [-0.39, 0.29) is 5.82 Å². The van der Waals surface area contributed by atoms with Crippen LogP contribution in [0.15, 0.2) is 48.5 Å². The van der Waals surface area contributed by atoms with Crippen molar-refractivity contribution in [2.45, 2.75) is 13.0 Å². The summed E-state index contributed by atoms with van der Waals surface area (Å²) >= 11 is 6.15. The fourth-order valence-electron chi connectivity index (χ4n) is 3.50. The molecule has 0 amide bonds. The second-order valence-electron chi connectivity index (χ2n) is 6.93. The summed E-state index contributed by atoms with van der Waals surface area (Å²) in [6.45, 7) is 4.42. The second kappa shape index (κ2) is 8.86. The lowest BCUT2D eigenvalue weighted by molar-refractivity contribution is 0.122. The molecule has 0 unspecified atom stereocenters. The van der Waals surface area contributed by atoms with Crippen molar-refractivity contribution in [3.8, 4) is 0 Å². The second-order valence-corrected chi connectivity index (χ2v) is 7.36. The van der Waals surface area contributed by atoms with Crippen molar-refractivity contribution in [3.63, 3.8) is 0 Å². The van der Waals surface area contributed by atoms with E-state index in [4.69, 9.17) is 21.3 Å². The lowest BCUT2D eigenvalue weighted by atomic mass is 10.1. The molecule has 0 bridgehead atoms. The van der Waals surface area contributed by atoms with E-state index < -0.39 is 0 Å². The molecule has 1 saturated heterocycles. The molecule has 0 saturated carbocycles. The molecule has 0 spiro atoms. The van der Waals surface area contributed by atoms with Gasteiger partial charge in [-0.25, -0.2) is 9.37 Å². The number of rotatable bonds is 6. The molecule has 4 nitrogen and oxygen atoms in total. The minimum atomic E-state index is -0.150. The van der Waals surface area contributed by atoms with E-state index in [1.54, 1.807) is 6.07 Å². The monoisotopic (exact) mass is 399 g/mol. The Morgan fingerprint density at radius 1 is 1.07 bits per heavy atom. The molecule has 1 fully saturated rings. The predicted octanol–water partition coefficient (Wildman–Crippen LogP) is 4.20. The Kier molecular flexibility index (Phi) is 6.05. The third kappa shape index (κ3) is 4.43. The van der Waals surface area contributed by atoms with Gasteiger partial charge in [0.15, 0.2) is 0 Å². The third-order valence-corrected chi connectivity index (χ3v) is 5.23. The number of hydrogen-bond acceptors (Lipinski definition) is 4. The Morgan fingerprint density at radius 3 is 2.71 bits per heavy atom. The van der Waals surface area contributed by atoms with Gasteiger partial charge in [-0.3, -0.25) is 0 Å². The maximum absolute atomic E-state index is 13.8. The van der Waals surface area contributed by atoms with Crippen LogP contribution >= 0.6 is 11.6 Å². The molecule has 0 radical (unpaired) electrons. The van der Waals surface area contributed by atoms with Crippen LogP contribution < -0.4 is 10.2 Å². The van der Waals surface area contributed by atoms with Gasteiger partial charge in [-0.05, 0) is 42.8 Å². The van der Waals surface area contributed by atoms with Gasteiger partial charge in [-0.2, -0.15) is 0 Å². The summed E-state index contributed by atoms with van der Waals surface area (Å²) in [4.78, 5) is 7.16. The van der Waals surface area contributed by atoms with E-state index >= 15 is 0 Å². The molecule has 0 atom stereocenters. The summed E-state index contributed by atoms with van der Waals surface area (Å²) in [6.07, 6.45) is 0.649. The fourth-order valence-corrected chi connectivity index (χ4v) is 3.67. The van der Waals surface area contributed by atoms with Crippen LogP contribution in [0.1, 0.15) is 11.1 Å². The number of hydrogen-bond donors (Lipinski definition) is 1. The summed E-state index contributed by atoms with van der Waals surface area (Å²) in [5.41, 5.74) is 2.75. The molecular formula is C22H23ClFN3O. The van der Waals surface area contributed by atoms with Gasteiger partial charge < -0.3 is 15.0 Å². The van der Waals surface area contributed by atoms with Crippen molar-refractivity contribution < 1.29 is 9.13 Å². The number of fused-ring (bicyclic) bond motifs is 1. The first-order chi connectivity index (χ1) is 13.7. The van der Waals surface area contributed by atoms with Crippen LogP contribution in [0.4, 0.5) is 10.2 Å². The zero-order chi connectivity index (χ0) is 19.3. The van der Waals surface area contributed by atoms with Gasteiger partial charge in [0.2, 0.25) is 0 Å². The molecule has 2 aromatic carbocycles. The smallest absolute Gasteiger partial charge is 0.133 e. The quantitative estimate of drug-likeness (QED) is 0.630. The van der Waals surface area contributed by atoms with Gasteiger partial charge in [-0.15, -0.1) is 0 Å². The molecular weight excluding hydrogens is 377 g/mol. The van der Waals surface area contributed by atoms with Gasteiger partial charge in [0.25, 0.3) is 0 Å². The average Bonchev–Trinajstić information content (AvgIpc) is 2.72. The predicted molar refractivity (Wildman–Crippen MR) is 112 cm³/mol. The normalized spacial score (nSPS) is 14.6. The van der Waals surface area contributed by atoms with E-state index in [2.05, 4.69) is 16.3 Å². The van der Waals surface area contributed by atoms with Crippen LogP contribution in [0.2, 0.25) is 5.02 Å². The first-order valence-electron chi connectivity index (χ1n) is 9.57. The number of morpholine rings is 1. The molecule has 1 N–H and O–H groups in total. The van der Waals surface area contributed by atoms with E-state index in [9.17, 15) is 4.39 Å². The van der Waals surface area contributed by atoms with Crippen LogP contribution in [0.3, 0.4) is 0 Å². The Bertz CT molecular complexity index is 960. The maximum atomic E-state index is 13.8. The van der Waals surface area contributed by atoms with E-state index in [0.717, 1.165) is 40.9 Å². The van der Waals surface area contributed by atoms with Crippen molar-refractivity contribution >= 4 is 28.3 Å². The van der Waals surface area contributed by atoms with Crippen molar-refractivity contribution in [2.24, 2.45) is 0 Å². The van der Waals surface area contributed by atoms with Crippen molar-refractivity contribution in [3.05, 3.63) is 70.5 Å². The van der Waals surface area contributed by atoms with Crippen LogP contribution in [0.5, 0.6) is 0 Å². The van der Waals surface area contributed by atoms with Gasteiger partial charge in [0, 0.05) is 35.6 Å². The molecule has 1 aromatic heterocycles. The average molecular weight is 400 g/mol. The molecule has 3 aromatic rings. The zero-order valence-electron chi connectivity index (χ0n) is 15.6. The molecule has 2 heterocycles. The molecule has 4 rings (SSSR count). The largest absolute Gasteiger partial charge is 0.378 e. The van der Waals surface area contributed by atoms with Gasteiger partial charge in [-0.1, -0.05) is 35.9 Å². The summed E-state index contributed by atoms with van der Waals surface area (Å²) in [7, 11) is 0. The van der Waals surface area contributed by atoms with Crippen LogP contribution in [-0.4, -0.2) is 37.8 Å². The molecule has 6 heteroatoms. The number of pyridine rings is 1. The number of halogens is 2. The first-order valence-corrected chi connectivity index (χ1v) is 9.94.